The maximum atomic E-state index is 13.8. The predicted molar refractivity (Wildman–Crippen MR) is 145 cm³/mol. The zero-order valence-corrected chi connectivity index (χ0v) is 22.9. The highest BCUT2D eigenvalue weighted by Gasteiger charge is 2.35. The molecule has 3 heterocycles. The summed E-state index contributed by atoms with van der Waals surface area (Å²) < 4.78 is 29.6. The van der Waals surface area contributed by atoms with E-state index in [1.165, 1.54) is 15.6 Å². The zero-order chi connectivity index (χ0) is 25.3. The Kier molecular flexibility index (Phi) is 7.21. The Balaban J connectivity index is 1.37. The number of aromatic nitrogens is 2. The van der Waals surface area contributed by atoms with Gasteiger partial charge in [0.1, 0.15) is 0 Å². The number of carbonyl (C=O) groups is 1. The van der Waals surface area contributed by atoms with Gasteiger partial charge in [-0.15, -0.1) is 0 Å². The van der Waals surface area contributed by atoms with Gasteiger partial charge < -0.3 is 0 Å². The largest absolute Gasteiger partial charge is 0.282 e. The number of thiazole rings is 1. The first kappa shape index (κ1) is 25.0. The monoisotopic (exact) mass is 584 g/mol. The number of nitrogens with zero attached hydrogens (tertiary/aromatic N) is 4. The molecule has 0 unspecified atom stereocenters. The Bertz CT molecular complexity index is 1480. The maximum Gasteiger partial charge on any atom is 0.243 e. The molecule has 1 aliphatic heterocycles. The average Bonchev–Trinajstić information content (AvgIpc) is 3.31. The van der Waals surface area contributed by atoms with Crippen LogP contribution < -0.4 is 4.90 Å². The van der Waals surface area contributed by atoms with Gasteiger partial charge in [-0.1, -0.05) is 51.0 Å². The first-order valence-corrected chi connectivity index (χ1v) is 14.7. The first-order chi connectivity index (χ1) is 17.3. The topological polar surface area (TPSA) is 83.5 Å². The third-order valence-corrected chi connectivity index (χ3v) is 9.79. The van der Waals surface area contributed by atoms with E-state index in [4.69, 9.17) is 4.98 Å². The Morgan fingerprint density at radius 2 is 1.86 bits per heavy atom. The highest BCUT2D eigenvalue weighted by atomic mass is 79.9. The van der Waals surface area contributed by atoms with Crippen molar-refractivity contribution in [1.82, 2.24) is 14.3 Å². The molecule has 0 bridgehead atoms. The van der Waals surface area contributed by atoms with Gasteiger partial charge in [0.2, 0.25) is 15.9 Å². The summed E-state index contributed by atoms with van der Waals surface area (Å²) in [6.45, 7) is 2.84. The van der Waals surface area contributed by atoms with E-state index >= 15 is 0 Å². The minimum Gasteiger partial charge on any atom is -0.282 e. The molecule has 0 N–H and O–H groups in total. The number of benzene rings is 2. The van der Waals surface area contributed by atoms with Crippen LogP contribution in [0.5, 0.6) is 0 Å². The van der Waals surface area contributed by atoms with Gasteiger partial charge in [-0.05, 0) is 62.2 Å². The Hall–Kier alpha value is -2.66. The van der Waals surface area contributed by atoms with Gasteiger partial charge in [0, 0.05) is 29.7 Å². The fraction of sp³-hybridized carbons (Fsp3) is 0.269. The molecule has 4 aromatic rings. The van der Waals surface area contributed by atoms with Crippen molar-refractivity contribution in [3.63, 3.8) is 0 Å². The standard InChI is InChI=1S/C26H25BrN4O3S2/c1-18-5-8-22(9-6-18)36(33,34)30-14-11-19(12-15-30)25(32)31(17-21-4-2-3-13-28-21)26-29-23-10-7-20(27)16-24(23)35-26/h2-10,13,16,19H,11-12,14-15,17H2,1H3. The van der Waals surface area contributed by atoms with Crippen molar-refractivity contribution in [2.24, 2.45) is 5.92 Å². The Labute approximate surface area is 223 Å². The van der Waals surface area contributed by atoms with E-state index in [9.17, 15) is 13.2 Å². The van der Waals surface area contributed by atoms with Crippen LogP contribution in [0.4, 0.5) is 5.13 Å². The van der Waals surface area contributed by atoms with E-state index in [2.05, 4.69) is 20.9 Å². The van der Waals surface area contributed by atoms with Crippen molar-refractivity contribution in [3.05, 3.63) is 82.6 Å². The molecule has 0 spiro atoms. The second-order valence-corrected chi connectivity index (χ2v) is 12.7. The summed E-state index contributed by atoms with van der Waals surface area (Å²) in [6.07, 6.45) is 2.63. The molecule has 1 aliphatic rings. The van der Waals surface area contributed by atoms with Crippen LogP contribution in [0.25, 0.3) is 10.2 Å². The van der Waals surface area contributed by atoms with E-state index in [0.717, 1.165) is 25.9 Å². The number of hydrogen-bond acceptors (Lipinski definition) is 6. The molecule has 0 saturated carbocycles. The average molecular weight is 586 g/mol. The molecular formula is C26H25BrN4O3S2. The van der Waals surface area contributed by atoms with Crippen molar-refractivity contribution in [1.29, 1.82) is 0 Å². The molecule has 1 saturated heterocycles. The van der Waals surface area contributed by atoms with Crippen LogP contribution in [0.2, 0.25) is 0 Å². The minimum atomic E-state index is -3.59. The van der Waals surface area contributed by atoms with Gasteiger partial charge >= 0.3 is 0 Å². The van der Waals surface area contributed by atoms with Crippen molar-refractivity contribution in [2.45, 2.75) is 31.2 Å². The SMILES string of the molecule is Cc1ccc(S(=O)(=O)N2CCC(C(=O)N(Cc3ccccn3)c3nc4ccc(Br)cc4s3)CC2)cc1. The molecule has 5 rings (SSSR count). The molecule has 186 valence electrons. The summed E-state index contributed by atoms with van der Waals surface area (Å²) in [4.78, 5) is 24.9. The predicted octanol–water partition coefficient (Wildman–Crippen LogP) is 5.40. The summed E-state index contributed by atoms with van der Waals surface area (Å²) in [5, 5.41) is 0.619. The van der Waals surface area contributed by atoms with Crippen LogP contribution in [0, 0.1) is 12.8 Å². The third kappa shape index (κ3) is 5.22. The summed E-state index contributed by atoms with van der Waals surface area (Å²) in [5.74, 6) is -0.344. The molecule has 0 atom stereocenters. The number of carbonyl (C=O) groups excluding carboxylic acids is 1. The number of hydrogen-bond donors (Lipinski definition) is 0. The normalized spacial score (nSPS) is 15.3. The number of fused-ring (bicyclic) bond motifs is 1. The van der Waals surface area contributed by atoms with Crippen LogP contribution in [-0.2, 0) is 21.4 Å². The van der Waals surface area contributed by atoms with Crippen molar-refractivity contribution in [2.75, 3.05) is 18.0 Å². The Morgan fingerprint density at radius 1 is 1.11 bits per heavy atom. The van der Waals surface area contributed by atoms with Crippen molar-refractivity contribution >= 4 is 58.5 Å². The number of sulfonamides is 1. The maximum absolute atomic E-state index is 13.8. The molecule has 36 heavy (non-hydrogen) atoms. The molecule has 2 aromatic heterocycles. The fourth-order valence-corrected chi connectivity index (χ4v) is 7.31. The molecule has 1 amide bonds. The van der Waals surface area contributed by atoms with Crippen LogP contribution in [0.15, 0.2) is 76.2 Å². The summed E-state index contributed by atoms with van der Waals surface area (Å²) >= 11 is 4.96. The summed E-state index contributed by atoms with van der Waals surface area (Å²) in [6, 6.07) is 18.4. The van der Waals surface area contributed by atoms with Crippen LogP contribution in [0.1, 0.15) is 24.1 Å². The highest BCUT2D eigenvalue weighted by Crippen LogP contribution is 2.34. The lowest BCUT2D eigenvalue weighted by Crippen LogP contribution is -2.44. The van der Waals surface area contributed by atoms with Crippen molar-refractivity contribution < 1.29 is 13.2 Å². The highest BCUT2D eigenvalue weighted by molar-refractivity contribution is 9.10. The molecule has 10 heteroatoms. The molecule has 1 fully saturated rings. The smallest absolute Gasteiger partial charge is 0.243 e. The first-order valence-electron chi connectivity index (χ1n) is 11.7. The number of pyridine rings is 1. The van der Waals surface area contributed by atoms with Crippen LogP contribution in [0.3, 0.4) is 0 Å². The molecule has 0 radical (unpaired) electrons. The van der Waals surface area contributed by atoms with Gasteiger partial charge in [-0.2, -0.15) is 4.31 Å². The van der Waals surface area contributed by atoms with E-state index in [-0.39, 0.29) is 16.7 Å². The summed E-state index contributed by atoms with van der Waals surface area (Å²) in [7, 11) is -3.59. The quantitative estimate of drug-likeness (QED) is 0.303. The summed E-state index contributed by atoms with van der Waals surface area (Å²) in [5.41, 5.74) is 2.61. The fourth-order valence-electron chi connectivity index (χ4n) is 4.32. The lowest BCUT2D eigenvalue weighted by atomic mass is 9.96. The van der Waals surface area contributed by atoms with Crippen LogP contribution in [-0.4, -0.2) is 41.7 Å². The molecule has 2 aromatic carbocycles. The molecule has 7 nitrogen and oxygen atoms in total. The number of piperidine rings is 1. The second kappa shape index (κ2) is 10.4. The van der Waals surface area contributed by atoms with E-state index in [0.29, 0.717) is 37.6 Å². The van der Waals surface area contributed by atoms with E-state index in [1.54, 1.807) is 35.4 Å². The molecule has 0 aliphatic carbocycles. The third-order valence-electron chi connectivity index (χ3n) is 6.34. The van der Waals surface area contributed by atoms with Gasteiger partial charge in [-0.25, -0.2) is 13.4 Å². The lowest BCUT2D eigenvalue weighted by molar-refractivity contribution is -0.123. The number of aryl methyl sites for hydroxylation is 1. The van der Waals surface area contributed by atoms with Gasteiger partial charge in [-0.3, -0.25) is 14.7 Å². The van der Waals surface area contributed by atoms with Gasteiger partial charge in [0.25, 0.3) is 0 Å². The van der Waals surface area contributed by atoms with Crippen molar-refractivity contribution in [3.8, 4) is 0 Å². The number of anilines is 1. The number of halogens is 1. The molecular weight excluding hydrogens is 560 g/mol. The lowest BCUT2D eigenvalue weighted by Gasteiger charge is -2.33. The zero-order valence-electron chi connectivity index (χ0n) is 19.7. The van der Waals surface area contributed by atoms with Crippen LogP contribution >= 0.6 is 27.3 Å². The minimum absolute atomic E-state index is 0.0499. The number of rotatable bonds is 6. The van der Waals surface area contributed by atoms with E-state index < -0.39 is 10.0 Å². The second-order valence-electron chi connectivity index (χ2n) is 8.85. The van der Waals surface area contributed by atoms with Gasteiger partial charge in [0.05, 0.1) is 27.4 Å². The van der Waals surface area contributed by atoms with E-state index in [1.807, 2.05) is 43.3 Å². The number of amides is 1. The Morgan fingerprint density at radius 3 is 2.56 bits per heavy atom. The van der Waals surface area contributed by atoms with Gasteiger partial charge in [0.15, 0.2) is 5.13 Å².